The highest BCUT2D eigenvalue weighted by molar-refractivity contribution is 6.04. The third-order valence-electron chi connectivity index (χ3n) is 7.61. The van der Waals surface area contributed by atoms with Crippen LogP contribution in [-0.2, 0) is 15.3 Å². The van der Waals surface area contributed by atoms with Gasteiger partial charge in [-0.25, -0.2) is 4.39 Å². The second-order valence-corrected chi connectivity index (χ2v) is 10.4. The van der Waals surface area contributed by atoms with Gasteiger partial charge >= 0.3 is 6.18 Å². The molecule has 4 atom stereocenters. The molecule has 0 bridgehead atoms. The van der Waals surface area contributed by atoms with Crippen LogP contribution in [0.1, 0.15) is 62.6 Å². The van der Waals surface area contributed by atoms with Crippen LogP contribution in [-0.4, -0.2) is 57.7 Å². The number of likely N-dealkylation sites (tertiary alicyclic amines) is 1. The van der Waals surface area contributed by atoms with Crippen LogP contribution in [0.4, 0.5) is 23.2 Å². The van der Waals surface area contributed by atoms with Crippen molar-refractivity contribution in [2.75, 3.05) is 11.4 Å². The molecule has 4 rings (SSSR count). The fourth-order valence-corrected chi connectivity index (χ4v) is 5.30. The number of β-amino-alcohol motifs (C(OH)–C–C–N with tert-alkyl or cyclic N) is 1. The Hall–Kier alpha value is -3.72. The first kappa shape index (κ1) is 29.3. The van der Waals surface area contributed by atoms with E-state index >= 15 is 0 Å². The van der Waals surface area contributed by atoms with Crippen LogP contribution in [0.3, 0.4) is 0 Å². The number of nitrogens with zero attached hydrogens (tertiary/aromatic N) is 4. The number of nitriles is 1. The van der Waals surface area contributed by atoms with Crippen LogP contribution in [0, 0.1) is 11.5 Å². The number of hydrogen-bond donors (Lipinski definition) is 2. The van der Waals surface area contributed by atoms with Gasteiger partial charge in [0.1, 0.15) is 12.1 Å². The van der Waals surface area contributed by atoms with Crippen molar-refractivity contribution < 1.29 is 32.3 Å². The van der Waals surface area contributed by atoms with Gasteiger partial charge in [-0.3, -0.25) is 24.4 Å². The molecule has 2 unspecified atom stereocenters. The first-order valence-electron chi connectivity index (χ1n) is 13.2. The summed E-state index contributed by atoms with van der Waals surface area (Å²) in [5.41, 5.74) is -3.95. The summed E-state index contributed by atoms with van der Waals surface area (Å²) in [4.78, 5) is 34.2. The number of anilines is 1. The van der Waals surface area contributed by atoms with Crippen molar-refractivity contribution in [2.24, 2.45) is 0 Å². The first-order chi connectivity index (χ1) is 18.9. The Morgan fingerprint density at radius 3 is 2.40 bits per heavy atom. The van der Waals surface area contributed by atoms with Crippen molar-refractivity contribution in [1.82, 2.24) is 15.2 Å². The Balaban J connectivity index is 1.80. The molecule has 1 aliphatic heterocycles. The molecule has 214 valence electrons. The van der Waals surface area contributed by atoms with E-state index in [1.165, 1.54) is 12.4 Å². The van der Waals surface area contributed by atoms with E-state index in [4.69, 9.17) is 0 Å². The molecule has 1 aromatic carbocycles. The molecule has 1 aromatic heterocycles. The molecule has 1 saturated heterocycles. The lowest BCUT2D eigenvalue weighted by Crippen LogP contribution is -2.51. The lowest BCUT2D eigenvalue weighted by molar-refractivity contribution is -0.228. The zero-order chi connectivity index (χ0) is 29.1. The lowest BCUT2D eigenvalue weighted by Gasteiger charge is -2.35. The van der Waals surface area contributed by atoms with Gasteiger partial charge in [0.25, 0.3) is 5.91 Å². The molecule has 1 aliphatic carbocycles. The van der Waals surface area contributed by atoms with E-state index in [-0.39, 0.29) is 24.7 Å². The number of aliphatic hydroxyl groups is 1. The summed E-state index contributed by atoms with van der Waals surface area (Å²) in [5, 5.41) is 22.8. The van der Waals surface area contributed by atoms with Crippen LogP contribution < -0.4 is 10.2 Å². The van der Waals surface area contributed by atoms with Gasteiger partial charge in [-0.2, -0.15) is 18.4 Å². The van der Waals surface area contributed by atoms with E-state index in [0.29, 0.717) is 12.5 Å². The average Bonchev–Trinajstić information content (AvgIpc) is 3.32. The third-order valence-corrected chi connectivity index (χ3v) is 7.61. The SMILES string of the molecule is CC(F)(c1ccc(N(C(=O)[C@H]2C[C@@H](O)CN2C#N)C(C(=O)NC2CCCCC2)c2cccnc2)cc1)C(F)(F)F. The summed E-state index contributed by atoms with van der Waals surface area (Å²) < 4.78 is 54.7. The second-order valence-electron chi connectivity index (χ2n) is 10.4. The second kappa shape index (κ2) is 11.8. The molecular formula is C28H31F4N5O3. The number of rotatable bonds is 7. The van der Waals surface area contributed by atoms with Crippen molar-refractivity contribution in [3.63, 3.8) is 0 Å². The van der Waals surface area contributed by atoms with E-state index in [1.807, 2.05) is 6.19 Å². The van der Waals surface area contributed by atoms with Crippen LogP contribution in [0.15, 0.2) is 48.8 Å². The molecule has 0 radical (unpaired) electrons. The van der Waals surface area contributed by atoms with Crippen molar-refractivity contribution in [2.45, 2.75) is 81.5 Å². The molecule has 1 saturated carbocycles. The highest BCUT2D eigenvalue weighted by Crippen LogP contribution is 2.43. The van der Waals surface area contributed by atoms with Crippen molar-refractivity contribution >= 4 is 17.5 Å². The zero-order valence-corrected chi connectivity index (χ0v) is 21.9. The molecule has 2 heterocycles. The van der Waals surface area contributed by atoms with Crippen molar-refractivity contribution in [3.8, 4) is 6.19 Å². The highest BCUT2D eigenvalue weighted by Gasteiger charge is 2.53. The lowest BCUT2D eigenvalue weighted by atomic mass is 9.94. The number of aromatic nitrogens is 1. The van der Waals surface area contributed by atoms with E-state index < -0.39 is 47.4 Å². The molecule has 12 heteroatoms. The molecule has 8 nitrogen and oxygen atoms in total. The van der Waals surface area contributed by atoms with Gasteiger partial charge in [0.15, 0.2) is 6.19 Å². The molecule has 2 N–H and O–H groups in total. The Bertz CT molecular complexity index is 1230. The number of hydrogen-bond acceptors (Lipinski definition) is 6. The maximum absolute atomic E-state index is 14.7. The Morgan fingerprint density at radius 2 is 1.82 bits per heavy atom. The van der Waals surface area contributed by atoms with Gasteiger partial charge in [-0.05, 0) is 43.5 Å². The minimum Gasteiger partial charge on any atom is -0.391 e. The first-order valence-corrected chi connectivity index (χ1v) is 13.2. The average molecular weight is 562 g/mol. The van der Waals surface area contributed by atoms with E-state index in [0.717, 1.165) is 66.2 Å². The summed E-state index contributed by atoms with van der Waals surface area (Å²) >= 11 is 0. The van der Waals surface area contributed by atoms with Gasteiger partial charge in [-0.1, -0.05) is 37.5 Å². The zero-order valence-electron chi connectivity index (χ0n) is 21.9. The summed E-state index contributed by atoms with van der Waals surface area (Å²) in [6.45, 7) is 0.322. The Kier molecular flexibility index (Phi) is 8.63. The normalized spacial score (nSPS) is 22.2. The van der Waals surface area contributed by atoms with E-state index in [9.17, 15) is 37.5 Å². The number of halogens is 4. The number of nitrogens with one attached hydrogen (secondary N) is 1. The van der Waals surface area contributed by atoms with Crippen LogP contribution in [0.5, 0.6) is 0 Å². The van der Waals surface area contributed by atoms with E-state index in [2.05, 4.69) is 10.3 Å². The van der Waals surface area contributed by atoms with E-state index in [1.54, 1.807) is 12.1 Å². The summed E-state index contributed by atoms with van der Waals surface area (Å²) in [5.74, 6) is -1.23. The molecule has 2 aliphatic rings. The molecule has 2 fully saturated rings. The molecule has 0 spiro atoms. The molecular weight excluding hydrogens is 530 g/mol. The fourth-order valence-electron chi connectivity index (χ4n) is 5.30. The summed E-state index contributed by atoms with van der Waals surface area (Å²) in [6, 6.07) is 4.78. The smallest absolute Gasteiger partial charge is 0.391 e. The van der Waals surface area contributed by atoms with Gasteiger partial charge in [0.05, 0.1) is 12.6 Å². The Labute approximate surface area is 229 Å². The highest BCUT2D eigenvalue weighted by atomic mass is 19.4. The number of carbonyl (C=O) groups is 2. The minimum absolute atomic E-state index is 0.0265. The van der Waals surface area contributed by atoms with Crippen molar-refractivity contribution in [1.29, 1.82) is 5.26 Å². The third kappa shape index (κ3) is 6.04. The van der Waals surface area contributed by atoms with Crippen molar-refractivity contribution in [3.05, 3.63) is 59.9 Å². The van der Waals surface area contributed by atoms with Crippen LogP contribution in [0.2, 0.25) is 0 Å². The molecule has 2 amide bonds. The fraction of sp³-hybridized carbons (Fsp3) is 0.500. The van der Waals surface area contributed by atoms with Crippen LogP contribution in [0.25, 0.3) is 0 Å². The van der Waals surface area contributed by atoms with Gasteiger partial charge in [0, 0.05) is 36.1 Å². The monoisotopic (exact) mass is 561 g/mol. The summed E-state index contributed by atoms with van der Waals surface area (Å²) in [7, 11) is 0. The standard InChI is InChI=1S/C28H31F4N5O3/c1-27(29,28(30,31)32)19-9-11-21(12-10-19)37(26(40)23-14-22(38)16-36(23)17-33)24(18-6-5-13-34-15-18)25(39)35-20-7-3-2-4-8-20/h5-6,9-13,15,20,22-24,38H,2-4,7-8,14,16H2,1H3,(H,35,39)/t22-,23-,24?,27?/m1/s1. The Morgan fingerprint density at radius 1 is 1.15 bits per heavy atom. The van der Waals surface area contributed by atoms with Gasteiger partial charge in [-0.15, -0.1) is 0 Å². The quantitative estimate of drug-likeness (QED) is 0.386. The number of alkyl halides is 4. The predicted molar refractivity (Wildman–Crippen MR) is 137 cm³/mol. The topological polar surface area (TPSA) is 110 Å². The number of amides is 2. The summed E-state index contributed by atoms with van der Waals surface area (Å²) in [6.07, 6.45) is 3.01. The number of carbonyl (C=O) groups excluding carboxylic acids is 2. The number of pyridine rings is 1. The minimum atomic E-state index is -5.17. The van der Waals surface area contributed by atoms with Gasteiger partial charge in [0.2, 0.25) is 11.6 Å². The predicted octanol–water partition coefficient (Wildman–Crippen LogP) is 4.27. The molecule has 2 aromatic rings. The largest absolute Gasteiger partial charge is 0.426 e. The van der Waals surface area contributed by atoms with Crippen LogP contribution >= 0.6 is 0 Å². The maximum atomic E-state index is 14.7. The molecule has 40 heavy (non-hydrogen) atoms. The maximum Gasteiger partial charge on any atom is 0.426 e. The number of benzene rings is 1. The number of aliphatic hydroxyl groups excluding tert-OH is 1. The van der Waals surface area contributed by atoms with Gasteiger partial charge < -0.3 is 10.4 Å².